The molecule has 0 spiro atoms. The molecule has 0 aliphatic rings. The number of aryl methyl sites for hydroxylation is 1. The van der Waals surface area contributed by atoms with E-state index in [2.05, 4.69) is 0 Å². The lowest BCUT2D eigenvalue weighted by Crippen LogP contribution is -2.45. The molecule has 0 N–H and O–H groups in total. The van der Waals surface area contributed by atoms with Crippen LogP contribution < -0.4 is 0 Å². The lowest BCUT2D eigenvalue weighted by Gasteiger charge is -2.28. The third kappa shape index (κ3) is 6.92. The lowest BCUT2D eigenvalue weighted by atomic mass is 10.1. The van der Waals surface area contributed by atoms with Gasteiger partial charge in [-0.3, -0.25) is 0 Å². The standard InChI is InChI=1S/C17H27F3O3Si/c1-4-21-24(22-5-2,23-6-3)14-8-7-9-15-10-12-16(13-11-15)17(18,19)20/h10-13H,4-9,14H2,1-3H3. The minimum atomic E-state index is -4.28. The van der Waals surface area contributed by atoms with E-state index in [1.165, 1.54) is 0 Å². The van der Waals surface area contributed by atoms with Crippen LogP contribution in [0.15, 0.2) is 24.3 Å². The SMILES string of the molecule is CCO[Si](CCCCc1ccc(C(F)(F)F)cc1)(OCC)OCC. The Bertz CT molecular complexity index is 446. The topological polar surface area (TPSA) is 27.7 Å². The van der Waals surface area contributed by atoms with Crippen LogP contribution in [0.1, 0.15) is 44.7 Å². The van der Waals surface area contributed by atoms with Crippen LogP contribution in [0.25, 0.3) is 0 Å². The van der Waals surface area contributed by atoms with Crippen molar-refractivity contribution in [1.29, 1.82) is 0 Å². The zero-order chi connectivity index (χ0) is 18.1. The van der Waals surface area contributed by atoms with Gasteiger partial charge >= 0.3 is 15.0 Å². The van der Waals surface area contributed by atoms with Crippen molar-refractivity contribution >= 4 is 8.80 Å². The molecule has 0 unspecified atom stereocenters. The summed E-state index contributed by atoms with van der Waals surface area (Å²) in [6.07, 6.45) is -1.84. The summed E-state index contributed by atoms with van der Waals surface area (Å²) in [7, 11) is -2.62. The fourth-order valence-corrected chi connectivity index (χ4v) is 5.22. The molecule has 3 nitrogen and oxygen atoms in total. The highest BCUT2D eigenvalue weighted by molar-refractivity contribution is 6.60. The van der Waals surface area contributed by atoms with E-state index in [4.69, 9.17) is 13.3 Å². The number of hydrogen-bond acceptors (Lipinski definition) is 3. The molecule has 0 aliphatic heterocycles. The van der Waals surface area contributed by atoms with Crippen molar-refractivity contribution in [2.24, 2.45) is 0 Å². The lowest BCUT2D eigenvalue weighted by molar-refractivity contribution is -0.137. The molecule has 0 aliphatic carbocycles. The molecule has 0 bridgehead atoms. The van der Waals surface area contributed by atoms with Gasteiger partial charge in [-0.25, -0.2) is 0 Å². The molecule has 0 radical (unpaired) electrons. The highest BCUT2D eigenvalue weighted by Gasteiger charge is 2.39. The molecule has 0 heterocycles. The van der Waals surface area contributed by atoms with E-state index in [1.807, 2.05) is 20.8 Å². The molecule has 0 amide bonds. The summed E-state index contributed by atoms with van der Waals surface area (Å²) in [5.41, 5.74) is 0.293. The Morgan fingerprint density at radius 2 is 1.33 bits per heavy atom. The first-order valence-corrected chi connectivity index (χ1v) is 10.4. The zero-order valence-corrected chi connectivity index (χ0v) is 15.6. The van der Waals surface area contributed by atoms with Gasteiger partial charge in [0.25, 0.3) is 0 Å². The second-order valence-corrected chi connectivity index (χ2v) is 8.12. The van der Waals surface area contributed by atoms with Gasteiger partial charge in [0, 0.05) is 25.9 Å². The normalized spacial score (nSPS) is 12.6. The van der Waals surface area contributed by atoms with Crippen LogP contribution in [-0.2, 0) is 25.9 Å². The molecule has 138 valence electrons. The Kier molecular flexibility index (Phi) is 8.97. The fourth-order valence-electron chi connectivity index (χ4n) is 2.53. The third-order valence-corrected chi connectivity index (χ3v) is 6.72. The highest BCUT2D eigenvalue weighted by Crippen LogP contribution is 2.29. The Balaban J connectivity index is 2.50. The summed E-state index contributed by atoms with van der Waals surface area (Å²) in [4.78, 5) is 0. The summed E-state index contributed by atoms with van der Waals surface area (Å²) in [5.74, 6) is 0. The third-order valence-electron chi connectivity index (χ3n) is 3.57. The summed E-state index contributed by atoms with van der Waals surface area (Å²) < 4.78 is 55.0. The molecule has 7 heteroatoms. The summed E-state index contributed by atoms with van der Waals surface area (Å²) in [6.45, 7) is 7.40. The summed E-state index contributed by atoms with van der Waals surface area (Å²) in [6, 6.07) is 6.08. The number of benzene rings is 1. The summed E-state index contributed by atoms with van der Waals surface area (Å²) in [5, 5.41) is 0. The van der Waals surface area contributed by atoms with E-state index >= 15 is 0 Å². The number of alkyl halides is 3. The van der Waals surface area contributed by atoms with Gasteiger partial charge in [-0.1, -0.05) is 12.1 Å². The zero-order valence-electron chi connectivity index (χ0n) is 14.6. The highest BCUT2D eigenvalue weighted by atomic mass is 28.4. The Labute approximate surface area is 143 Å². The van der Waals surface area contributed by atoms with Crippen molar-refractivity contribution in [3.8, 4) is 0 Å². The van der Waals surface area contributed by atoms with E-state index in [0.717, 1.165) is 43.0 Å². The quantitative estimate of drug-likeness (QED) is 0.405. The first-order chi connectivity index (χ1) is 11.4. The summed E-state index contributed by atoms with van der Waals surface area (Å²) >= 11 is 0. The van der Waals surface area contributed by atoms with Crippen molar-refractivity contribution in [2.75, 3.05) is 19.8 Å². The fraction of sp³-hybridized carbons (Fsp3) is 0.647. The second-order valence-electron chi connectivity index (χ2n) is 5.38. The van der Waals surface area contributed by atoms with Gasteiger partial charge in [0.15, 0.2) is 0 Å². The van der Waals surface area contributed by atoms with Crippen LogP contribution in [0.5, 0.6) is 0 Å². The van der Waals surface area contributed by atoms with Gasteiger partial charge in [0.05, 0.1) is 5.56 Å². The maximum absolute atomic E-state index is 12.5. The first-order valence-electron chi connectivity index (χ1n) is 8.45. The van der Waals surface area contributed by atoms with Gasteiger partial charge in [-0.05, 0) is 57.7 Å². The molecule has 1 aromatic carbocycles. The number of hydrogen-bond donors (Lipinski definition) is 0. The average Bonchev–Trinajstić information content (AvgIpc) is 2.52. The van der Waals surface area contributed by atoms with E-state index in [0.29, 0.717) is 19.8 Å². The Morgan fingerprint density at radius 3 is 1.75 bits per heavy atom. The van der Waals surface area contributed by atoms with Crippen molar-refractivity contribution in [1.82, 2.24) is 0 Å². The smallest absolute Gasteiger partial charge is 0.374 e. The predicted octanol–water partition coefficient (Wildman–Crippen LogP) is 5.08. The van der Waals surface area contributed by atoms with Crippen LogP contribution in [0.2, 0.25) is 6.04 Å². The van der Waals surface area contributed by atoms with Crippen molar-refractivity contribution in [3.63, 3.8) is 0 Å². The van der Waals surface area contributed by atoms with Gasteiger partial charge in [0.1, 0.15) is 0 Å². The van der Waals surface area contributed by atoms with Crippen molar-refractivity contribution < 1.29 is 26.4 Å². The number of halogens is 3. The van der Waals surface area contributed by atoms with Gasteiger partial charge in [-0.2, -0.15) is 13.2 Å². The van der Waals surface area contributed by atoms with Crippen LogP contribution in [-0.4, -0.2) is 28.6 Å². The largest absolute Gasteiger partial charge is 0.500 e. The van der Waals surface area contributed by atoms with Gasteiger partial charge in [-0.15, -0.1) is 0 Å². The van der Waals surface area contributed by atoms with Crippen LogP contribution in [0, 0.1) is 0 Å². The Hall–Kier alpha value is -0.893. The average molecular weight is 364 g/mol. The second kappa shape index (κ2) is 10.2. The maximum atomic E-state index is 12.5. The van der Waals surface area contributed by atoms with Crippen LogP contribution in [0.4, 0.5) is 13.2 Å². The number of unbranched alkanes of at least 4 members (excludes halogenated alkanes) is 1. The molecule has 1 rings (SSSR count). The van der Waals surface area contributed by atoms with Crippen LogP contribution >= 0.6 is 0 Å². The molecule has 1 aromatic rings. The molecular formula is C17H27F3O3Si. The molecule has 24 heavy (non-hydrogen) atoms. The molecule has 0 fully saturated rings. The van der Waals surface area contributed by atoms with Crippen molar-refractivity contribution in [3.05, 3.63) is 35.4 Å². The minimum absolute atomic E-state index is 0.547. The molecule has 0 saturated heterocycles. The molecular weight excluding hydrogens is 337 g/mol. The van der Waals surface area contributed by atoms with E-state index in [9.17, 15) is 13.2 Å². The van der Waals surface area contributed by atoms with Gasteiger partial charge in [0.2, 0.25) is 0 Å². The van der Waals surface area contributed by atoms with E-state index in [1.54, 1.807) is 12.1 Å². The Morgan fingerprint density at radius 1 is 0.833 bits per heavy atom. The van der Waals surface area contributed by atoms with Gasteiger partial charge < -0.3 is 13.3 Å². The molecule has 0 saturated carbocycles. The van der Waals surface area contributed by atoms with E-state index < -0.39 is 20.5 Å². The van der Waals surface area contributed by atoms with Crippen LogP contribution in [0.3, 0.4) is 0 Å². The molecule has 0 aromatic heterocycles. The maximum Gasteiger partial charge on any atom is 0.500 e. The predicted molar refractivity (Wildman–Crippen MR) is 89.8 cm³/mol. The molecule has 0 atom stereocenters. The van der Waals surface area contributed by atoms with Crippen molar-refractivity contribution in [2.45, 2.75) is 52.3 Å². The first kappa shape index (κ1) is 21.2. The minimum Gasteiger partial charge on any atom is -0.374 e. The number of rotatable bonds is 11. The van der Waals surface area contributed by atoms with E-state index in [-0.39, 0.29) is 0 Å². The monoisotopic (exact) mass is 364 g/mol.